The molecule has 0 bridgehead atoms. The van der Waals surface area contributed by atoms with Gasteiger partial charge in [-0.1, -0.05) is 18.2 Å². The van der Waals surface area contributed by atoms with Crippen LogP contribution in [0.25, 0.3) is 10.9 Å². The van der Waals surface area contributed by atoms with Gasteiger partial charge in [0.2, 0.25) is 0 Å². The van der Waals surface area contributed by atoms with Gasteiger partial charge >= 0.3 is 0 Å². The van der Waals surface area contributed by atoms with Crippen LogP contribution in [0.3, 0.4) is 0 Å². The Bertz CT molecular complexity index is 727. The highest BCUT2D eigenvalue weighted by atomic mass is 32.2. The predicted molar refractivity (Wildman–Crippen MR) is 76.4 cm³/mol. The highest BCUT2D eigenvalue weighted by Crippen LogP contribution is 2.31. The molecule has 0 amide bonds. The number of para-hydroxylation sites is 1. The first-order chi connectivity index (χ1) is 9.26. The topological polar surface area (TPSA) is 58.9 Å². The number of benzene rings is 1. The van der Waals surface area contributed by atoms with Gasteiger partial charge < -0.3 is 5.11 Å². The Kier molecular flexibility index (Phi) is 3.46. The summed E-state index contributed by atoms with van der Waals surface area (Å²) in [6.45, 7) is 1.83. The number of aliphatic hydroxyl groups excluding tert-OH is 1. The van der Waals surface area contributed by atoms with Crippen molar-refractivity contribution in [3.8, 4) is 0 Å². The van der Waals surface area contributed by atoms with Gasteiger partial charge in [-0.05, 0) is 42.4 Å². The third-order valence-electron chi connectivity index (χ3n) is 2.63. The average molecular weight is 289 g/mol. The Balaban J connectivity index is 2.05. The van der Waals surface area contributed by atoms with E-state index in [1.54, 1.807) is 0 Å². The number of aromatic nitrogens is 3. The van der Waals surface area contributed by atoms with Crippen molar-refractivity contribution >= 4 is 34.2 Å². The van der Waals surface area contributed by atoms with Crippen LogP contribution in [0.1, 0.15) is 11.4 Å². The zero-order chi connectivity index (χ0) is 13.2. The number of pyridine rings is 1. The number of hydrogen-bond acceptors (Lipinski definition) is 6. The Hall–Kier alpha value is -1.50. The normalized spacial score (nSPS) is 11.1. The van der Waals surface area contributed by atoms with Gasteiger partial charge in [-0.3, -0.25) is 0 Å². The molecule has 0 fully saturated rings. The summed E-state index contributed by atoms with van der Waals surface area (Å²) in [6, 6.07) is 9.85. The molecule has 0 saturated carbocycles. The minimum absolute atomic E-state index is 0.0298. The Morgan fingerprint density at radius 3 is 2.84 bits per heavy atom. The van der Waals surface area contributed by atoms with Gasteiger partial charge in [0.1, 0.15) is 10.9 Å². The first kappa shape index (κ1) is 12.5. The summed E-state index contributed by atoms with van der Waals surface area (Å²) in [7, 11) is 0. The van der Waals surface area contributed by atoms with Crippen LogP contribution in [-0.2, 0) is 6.61 Å². The number of aryl methyl sites for hydroxylation is 1. The van der Waals surface area contributed by atoms with Crippen molar-refractivity contribution in [2.75, 3.05) is 0 Å². The van der Waals surface area contributed by atoms with Crippen LogP contribution in [0.2, 0.25) is 0 Å². The largest absolute Gasteiger partial charge is 0.392 e. The molecule has 0 spiro atoms. The molecular formula is C13H11N3OS2. The lowest BCUT2D eigenvalue weighted by Gasteiger charge is -2.06. The molecule has 3 aromatic rings. The van der Waals surface area contributed by atoms with Gasteiger partial charge in [0.25, 0.3) is 0 Å². The molecule has 0 unspecified atom stereocenters. The fourth-order valence-electron chi connectivity index (χ4n) is 1.75. The Labute approximate surface area is 118 Å². The van der Waals surface area contributed by atoms with Crippen LogP contribution in [0, 0.1) is 6.92 Å². The molecule has 0 aliphatic heterocycles. The number of aliphatic hydroxyl groups is 1. The molecule has 3 rings (SSSR count). The molecule has 0 atom stereocenters. The SMILES string of the molecule is Cc1nsc(Sc2nc3ccccc3cc2CO)n1. The van der Waals surface area contributed by atoms with Crippen molar-refractivity contribution in [3.63, 3.8) is 0 Å². The molecule has 6 heteroatoms. The van der Waals surface area contributed by atoms with Crippen molar-refractivity contribution in [1.82, 2.24) is 14.3 Å². The van der Waals surface area contributed by atoms with E-state index in [4.69, 9.17) is 0 Å². The first-order valence-corrected chi connectivity index (χ1v) is 7.33. The van der Waals surface area contributed by atoms with Gasteiger partial charge in [-0.2, -0.15) is 4.37 Å². The number of hydrogen-bond donors (Lipinski definition) is 1. The summed E-state index contributed by atoms with van der Waals surface area (Å²) < 4.78 is 4.99. The first-order valence-electron chi connectivity index (χ1n) is 5.74. The molecule has 2 heterocycles. The molecule has 2 aromatic heterocycles. The van der Waals surface area contributed by atoms with E-state index >= 15 is 0 Å². The highest BCUT2D eigenvalue weighted by molar-refractivity contribution is 8.00. The number of rotatable bonds is 3. The lowest BCUT2D eigenvalue weighted by Crippen LogP contribution is -1.92. The van der Waals surface area contributed by atoms with E-state index in [0.29, 0.717) is 0 Å². The second kappa shape index (κ2) is 5.24. The molecule has 0 aliphatic carbocycles. The van der Waals surface area contributed by atoms with Gasteiger partial charge in [-0.15, -0.1) is 0 Å². The third kappa shape index (κ3) is 2.60. The maximum Gasteiger partial charge on any atom is 0.176 e. The molecule has 4 nitrogen and oxygen atoms in total. The fourth-order valence-corrected chi connectivity index (χ4v) is 3.41. The smallest absolute Gasteiger partial charge is 0.176 e. The molecule has 1 aromatic carbocycles. The Morgan fingerprint density at radius 2 is 2.11 bits per heavy atom. The second-order valence-electron chi connectivity index (χ2n) is 4.01. The summed E-state index contributed by atoms with van der Waals surface area (Å²) in [4.78, 5) is 8.90. The van der Waals surface area contributed by atoms with E-state index in [-0.39, 0.29) is 6.61 Å². The summed E-state index contributed by atoms with van der Waals surface area (Å²) in [5.41, 5.74) is 1.74. The molecule has 0 radical (unpaired) electrons. The Morgan fingerprint density at radius 1 is 1.26 bits per heavy atom. The lowest BCUT2D eigenvalue weighted by molar-refractivity contribution is 0.278. The predicted octanol–water partition coefficient (Wildman–Crippen LogP) is 3.04. The van der Waals surface area contributed by atoms with Crippen molar-refractivity contribution < 1.29 is 5.11 Å². The van der Waals surface area contributed by atoms with Crippen LogP contribution < -0.4 is 0 Å². The van der Waals surface area contributed by atoms with Crippen LogP contribution in [0.5, 0.6) is 0 Å². The standard InChI is InChI=1S/C13H11N3OS2/c1-8-14-13(19-16-8)18-12-10(7-17)6-9-4-2-3-5-11(9)15-12/h2-6,17H,7H2,1H3. The minimum atomic E-state index is -0.0298. The molecular weight excluding hydrogens is 278 g/mol. The summed E-state index contributed by atoms with van der Waals surface area (Å²) in [5.74, 6) is 0.763. The van der Waals surface area contributed by atoms with E-state index in [1.807, 2.05) is 37.3 Å². The van der Waals surface area contributed by atoms with Crippen molar-refractivity contribution in [3.05, 3.63) is 41.7 Å². The van der Waals surface area contributed by atoms with Crippen LogP contribution in [0.15, 0.2) is 39.7 Å². The lowest BCUT2D eigenvalue weighted by atomic mass is 10.2. The van der Waals surface area contributed by atoms with E-state index in [1.165, 1.54) is 23.3 Å². The van der Waals surface area contributed by atoms with Crippen LogP contribution in [-0.4, -0.2) is 19.4 Å². The maximum atomic E-state index is 9.48. The zero-order valence-corrected chi connectivity index (χ0v) is 11.8. The summed E-state index contributed by atoms with van der Waals surface area (Å²) >= 11 is 2.80. The quantitative estimate of drug-likeness (QED) is 0.803. The maximum absolute atomic E-state index is 9.48. The molecule has 0 saturated heterocycles. The van der Waals surface area contributed by atoms with E-state index in [9.17, 15) is 5.11 Å². The number of nitrogens with zero attached hydrogens (tertiary/aromatic N) is 3. The van der Waals surface area contributed by atoms with E-state index < -0.39 is 0 Å². The van der Waals surface area contributed by atoms with Crippen molar-refractivity contribution in [2.45, 2.75) is 22.9 Å². The molecule has 96 valence electrons. The fraction of sp³-hybridized carbons (Fsp3) is 0.154. The third-order valence-corrected chi connectivity index (χ3v) is 4.52. The van der Waals surface area contributed by atoms with Gasteiger partial charge in [-0.25, -0.2) is 9.97 Å². The van der Waals surface area contributed by atoms with Gasteiger partial charge in [0.05, 0.1) is 12.1 Å². The highest BCUT2D eigenvalue weighted by Gasteiger charge is 2.10. The molecule has 1 N–H and O–H groups in total. The van der Waals surface area contributed by atoms with Crippen molar-refractivity contribution in [2.24, 2.45) is 0 Å². The summed E-state index contributed by atoms with van der Waals surface area (Å²) in [6.07, 6.45) is 0. The zero-order valence-electron chi connectivity index (χ0n) is 10.2. The van der Waals surface area contributed by atoms with E-state index in [2.05, 4.69) is 14.3 Å². The second-order valence-corrected chi connectivity index (χ2v) is 6.00. The molecule has 19 heavy (non-hydrogen) atoms. The van der Waals surface area contributed by atoms with E-state index in [0.717, 1.165) is 31.7 Å². The van der Waals surface area contributed by atoms with Crippen molar-refractivity contribution in [1.29, 1.82) is 0 Å². The monoisotopic (exact) mass is 289 g/mol. The van der Waals surface area contributed by atoms with Gasteiger partial charge in [0.15, 0.2) is 4.34 Å². The number of fused-ring (bicyclic) bond motifs is 1. The average Bonchev–Trinajstić information content (AvgIpc) is 2.83. The molecule has 0 aliphatic rings. The minimum Gasteiger partial charge on any atom is -0.392 e. The van der Waals surface area contributed by atoms with Crippen LogP contribution >= 0.6 is 23.3 Å². The van der Waals surface area contributed by atoms with Gasteiger partial charge in [0, 0.05) is 10.9 Å². The van der Waals surface area contributed by atoms with Crippen LogP contribution in [0.4, 0.5) is 0 Å². The summed E-state index contributed by atoms with van der Waals surface area (Å²) in [5, 5.41) is 11.3.